The third-order valence-electron chi connectivity index (χ3n) is 6.74. The molecule has 0 saturated heterocycles. The van der Waals surface area contributed by atoms with Crippen molar-refractivity contribution in [3.63, 3.8) is 0 Å². The van der Waals surface area contributed by atoms with E-state index in [9.17, 15) is 5.11 Å². The van der Waals surface area contributed by atoms with Crippen molar-refractivity contribution in [2.45, 2.75) is 26.1 Å². The van der Waals surface area contributed by atoms with Crippen LogP contribution in [-0.2, 0) is 13.1 Å². The first-order valence-corrected chi connectivity index (χ1v) is 11.4. The van der Waals surface area contributed by atoms with Gasteiger partial charge in [-0.2, -0.15) is 0 Å². The Morgan fingerprint density at radius 3 is 1.35 bits per heavy atom. The lowest BCUT2D eigenvalue weighted by atomic mass is 9.92. The number of hydrogen-bond acceptors (Lipinski definition) is 1. The van der Waals surface area contributed by atoms with Gasteiger partial charge in [0.05, 0.1) is 19.2 Å². The van der Waals surface area contributed by atoms with Gasteiger partial charge < -0.3 is 14.2 Å². The standard InChI is InChI=1S/C28H21B3N2O/c1-16-2-6-25-21(10-16)22-11-17(29)3-7-26(22)32(25)14-20(34)15-33-27-8-4-18(30)12-23(27)24-13-19(31)5-9-28(24)33/h2-13,20,34H,14-15H2,1H3. The zero-order valence-corrected chi connectivity index (χ0v) is 19.0. The van der Waals surface area contributed by atoms with Crippen LogP contribution in [0.5, 0.6) is 0 Å². The van der Waals surface area contributed by atoms with Crippen LogP contribution >= 0.6 is 0 Å². The molecule has 3 nitrogen and oxygen atoms in total. The van der Waals surface area contributed by atoms with Crippen LogP contribution in [0, 0.1) is 6.92 Å². The van der Waals surface area contributed by atoms with Gasteiger partial charge in [-0.1, -0.05) is 64.4 Å². The molecule has 0 amide bonds. The van der Waals surface area contributed by atoms with Crippen molar-refractivity contribution in [2.75, 3.05) is 0 Å². The first kappa shape index (κ1) is 21.2. The molecular formula is C28H21B3N2O. The van der Waals surface area contributed by atoms with Gasteiger partial charge in [-0.3, -0.25) is 0 Å². The van der Waals surface area contributed by atoms with Crippen LogP contribution in [0.3, 0.4) is 0 Å². The number of fused-ring (bicyclic) bond motifs is 6. The van der Waals surface area contributed by atoms with E-state index in [2.05, 4.69) is 34.3 Å². The van der Waals surface area contributed by atoms with Gasteiger partial charge in [-0.15, -0.1) is 0 Å². The van der Waals surface area contributed by atoms with Crippen molar-refractivity contribution in [2.24, 2.45) is 0 Å². The maximum atomic E-state index is 11.3. The quantitative estimate of drug-likeness (QED) is 0.426. The van der Waals surface area contributed by atoms with Gasteiger partial charge in [-0.25, -0.2) is 0 Å². The first-order chi connectivity index (χ1) is 16.4. The average molecular weight is 434 g/mol. The Morgan fingerprint density at radius 1 is 0.588 bits per heavy atom. The number of benzene rings is 4. The molecule has 0 saturated carbocycles. The van der Waals surface area contributed by atoms with Crippen LogP contribution in [0.4, 0.5) is 0 Å². The lowest BCUT2D eigenvalue weighted by Gasteiger charge is -2.17. The van der Waals surface area contributed by atoms with E-state index in [-0.39, 0.29) is 0 Å². The molecular weight excluding hydrogens is 413 g/mol. The van der Waals surface area contributed by atoms with E-state index in [4.69, 9.17) is 23.5 Å². The molecule has 0 aliphatic rings. The maximum absolute atomic E-state index is 11.3. The molecule has 0 fully saturated rings. The summed E-state index contributed by atoms with van der Waals surface area (Å²) < 4.78 is 4.35. The van der Waals surface area contributed by atoms with Gasteiger partial charge in [0.15, 0.2) is 0 Å². The second-order valence-corrected chi connectivity index (χ2v) is 9.23. The zero-order valence-electron chi connectivity index (χ0n) is 19.0. The van der Waals surface area contributed by atoms with E-state index < -0.39 is 6.10 Å². The smallest absolute Gasteiger partial charge is 0.113 e. The van der Waals surface area contributed by atoms with Crippen molar-refractivity contribution >= 4 is 83.5 Å². The number of rotatable bonds is 4. The van der Waals surface area contributed by atoms with Crippen LogP contribution < -0.4 is 16.4 Å². The number of aliphatic hydroxyl groups is 1. The fraction of sp³-hybridized carbons (Fsp3) is 0.143. The average Bonchev–Trinajstić information content (AvgIpc) is 3.25. The SMILES string of the molecule is [B]c1ccc2c(c1)c1cc([B])ccc1n2CC(O)Cn1c2ccc([B])cc2c2cc(C)ccc21. The van der Waals surface area contributed by atoms with Gasteiger partial charge in [0.25, 0.3) is 0 Å². The fourth-order valence-electron chi connectivity index (χ4n) is 5.25. The third-order valence-corrected chi connectivity index (χ3v) is 6.74. The van der Waals surface area contributed by atoms with Crippen LogP contribution in [0.15, 0.2) is 72.8 Å². The summed E-state index contributed by atoms with van der Waals surface area (Å²) in [7, 11) is 18.3. The Kier molecular flexibility index (Phi) is 4.89. The van der Waals surface area contributed by atoms with Crippen LogP contribution in [-0.4, -0.2) is 43.9 Å². The van der Waals surface area contributed by atoms with E-state index >= 15 is 0 Å². The van der Waals surface area contributed by atoms with Crippen molar-refractivity contribution in [1.82, 2.24) is 9.13 Å². The van der Waals surface area contributed by atoms with Crippen molar-refractivity contribution in [3.05, 3.63) is 78.4 Å². The Hall–Kier alpha value is -3.37. The highest BCUT2D eigenvalue weighted by Crippen LogP contribution is 2.31. The molecule has 0 spiro atoms. The predicted molar refractivity (Wildman–Crippen MR) is 146 cm³/mol. The summed E-state index contributed by atoms with van der Waals surface area (Å²) >= 11 is 0. The van der Waals surface area contributed by atoms with Gasteiger partial charge in [-0.05, 0) is 37.3 Å². The van der Waals surface area contributed by atoms with E-state index in [0.717, 1.165) is 49.1 Å². The van der Waals surface area contributed by atoms with Crippen molar-refractivity contribution in [1.29, 1.82) is 0 Å². The molecule has 2 heterocycles. The lowest BCUT2D eigenvalue weighted by Crippen LogP contribution is -2.22. The molecule has 6 radical (unpaired) electrons. The summed E-state index contributed by atoms with van der Waals surface area (Å²) in [4.78, 5) is 0. The predicted octanol–water partition coefficient (Wildman–Crippen LogP) is 2.65. The van der Waals surface area contributed by atoms with E-state index in [1.165, 1.54) is 5.56 Å². The highest BCUT2D eigenvalue weighted by molar-refractivity contribution is 6.35. The van der Waals surface area contributed by atoms with Crippen LogP contribution in [0.25, 0.3) is 43.6 Å². The molecule has 0 aliphatic carbocycles. The summed E-state index contributed by atoms with van der Waals surface area (Å²) in [5.74, 6) is 0. The molecule has 0 aliphatic heterocycles. The number of aryl methyl sites for hydroxylation is 1. The molecule has 0 bridgehead atoms. The number of hydrogen-bond donors (Lipinski definition) is 1. The molecule has 6 heteroatoms. The number of nitrogens with zero attached hydrogens (tertiary/aromatic N) is 2. The highest BCUT2D eigenvalue weighted by atomic mass is 16.3. The normalized spacial score (nSPS) is 12.9. The zero-order chi connectivity index (χ0) is 23.6. The second-order valence-electron chi connectivity index (χ2n) is 9.23. The lowest BCUT2D eigenvalue weighted by molar-refractivity contribution is 0.140. The van der Waals surface area contributed by atoms with Gasteiger partial charge >= 0.3 is 0 Å². The summed E-state index contributed by atoms with van der Waals surface area (Å²) in [6.07, 6.45) is -0.619. The summed E-state index contributed by atoms with van der Waals surface area (Å²) in [5.41, 5.74) is 7.54. The van der Waals surface area contributed by atoms with Crippen LogP contribution in [0.1, 0.15) is 5.56 Å². The van der Waals surface area contributed by atoms with E-state index in [1.54, 1.807) is 0 Å². The van der Waals surface area contributed by atoms with Gasteiger partial charge in [0.1, 0.15) is 23.5 Å². The fourth-order valence-corrected chi connectivity index (χ4v) is 5.25. The van der Waals surface area contributed by atoms with Crippen LogP contribution in [0.2, 0.25) is 0 Å². The van der Waals surface area contributed by atoms with Crippen molar-refractivity contribution < 1.29 is 5.11 Å². The first-order valence-electron chi connectivity index (χ1n) is 11.4. The molecule has 1 unspecified atom stereocenters. The Balaban J connectivity index is 1.45. The molecule has 2 aromatic heterocycles. The monoisotopic (exact) mass is 434 g/mol. The second kappa shape index (κ2) is 7.85. The molecule has 6 aromatic rings. The largest absolute Gasteiger partial charge is 0.389 e. The van der Waals surface area contributed by atoms with E-state index in [0.29, 0.717) is 24.0 Å². The number of aliphatic hydroxyl groups excluding tert-OH is 1. The summed E-state index contributed by atoms with van der Waals surface area (Å²) in [6, 6.07) is 24.1. The minimum atomic E-state index is -0.619. The molecule has 1 N–H and O–H groups in total. The van der Waals surface area contributed by atoms with Gasteiger partial charge in [0, 0.05) is 43.6 Å². The Labute approximate surface area is 202 Å². The molecule has 158 valence electrons. The minimum absolute atomic E-state index is 0.440. The summed E-state index contributed by atoms with van der Waals surface area (Å²) in [5, 5.41) is 15.7. The minimum Gasteiger partial charge on any atom is -0.389 e. The van der Waals surface area contributed by atoms with Gasteiger partial charge in [0.2, 0.25) is 0 Å². The molecule has 4 aromatic carbocycles. The van der Waals surface area contributed by atoms with Crippen molar-refractivity contribution in [3.8, 4) is 0 Å². The molecule has 1 atom stereocenters. The van der Waals surface area contributed by atoms with E-state index in [1.807, 2.05) is 54.6 Å². The molecule has 6 rings (SSSR count). The Bertz CT molecular complexity index is 1480. The molecule has 34 heavy (non-hydrogen) atoms. The topological polar surface area (TPSA) is 30.1 Å². The Morgan fingerprint density at radius 2 is 0.941 bits per heavy atom. The summed E-state index contributed by atoms with van der Waals surface area (Å²) in [6.45, 7) is 2.99. The highest BCUT2D eigenvalue weighted by Gasteiger charge is 2.17. The number of aromatic nitrogens is 2. The maximum Gasteiger partial charge on any atom is 0.113 e. The third kappa shape index (κ3) is 3.36.